The smallest absolute Gasteiger partial charge is 0.0726 e. The highest BCUT2D eigenvalue weighted by atomic mass is 15.2. The summed E-state index contributed by atoms with van der Waals surface area (Å²) >= 11 is 0. The minimum atomic E-state index is -0.501. The number of rotatable bonds is 6. The van der Waals surface area contributed by atoms with Gasteiger partial charge >= 0.3 is 0 Å². The molecule has 0 aliphatic heterocycles. The van der Waals surface area contributed by atoms with E-state index in [0.717, 1.165) is 34.1 Å². The molecular weight excluding hydrogens is 715 g/mol. The van der Waals surface area contributed by atoms with Crippen molar-refractivity contribution in [1.82, 2.24) is 4.57 Å². The number of aromatic nitrogens is 1. The monoisotopic (exact) mass is 753 g/mol. The lowest BCUT2D eigenvalue weighted by Crippen LogP contribution is -2.26. The highest BCUT2D eigenvalue weighted by molar-refractivity contribution is 6.15. The number of para-hydroxylation sites is 4. The van der Waals surface area contributed by atoms with Crippen molar-refractivity contribution in [3.05, 3.63) is 241 Å². The molecule has 1 atom stereocenters. The minimum absolute atomic E-state index is 0.501. The topological polar surface area (TPSA) is 11.4 Å². The van der Waals surface area contributed by atoms with Crippen LogP contribution in [0.15, 0.2) is 218 Å². The molecule has 59 heavy (non-hydrogen) atoms. The van der Waals surface area contributed by atoms with Crippen LogP contribution in [0.4, 0.5) is 34.1 Å². The maximum Gasteiger partial charge on any atom is 0.0726 e. The SMILES string of the molecule is Cn1c2ccccc2c2c(N(c3ccccc3)c3ccc4c(c3)-c3ccccc3C43c4ccccc4-c4ccc(N(c5ccccc5)c5ccccc5)cc43)cccc21. The molecule has 1 heterocycles. The molecule has 0 radical (unpaired) electrons. The van der Waals surface area contributed by atoms with Crippen LogP contribution in [0.5, 0.6) is 0 Å². The second-order valence-electron chi connectivity index (χ2n) is 15.7. The van der Waals surface area contributed by atoms with Gasteiger partial charge in [0, 0.05) is 51.8 Å². The first-order chi connectivity index (χ1) is 29.2. The summed E-state index contributed by atoms with van der Waals surface area (Å²) in [7, 11) is 2.18. The fraction of sp³-hybridized carbons (Fsp3) is 0.0357. The molecule has 2 aliphatic rings. The summed E-state index contributed by atoms with van der Waals surface area (Å²) in [6.45, 7) is 0. The zero-order chi connectivity index (χ0) is 39.1. The lowest BCUT2D eigenvalue weighted by Gasteiger charge is -2.32. The quantitative estimate of drug-likeness (QED) is 0.168. The fourth-order valence-corrected chi connectivity index (χ4v) is 10.4. The summed E-state index contributed by atoms with van der Waals surface area (Å²) < 4.78 is 2.32. The third-order valence-corrected chi connectivity index (χ3v) is 12.8. The Bertz CT molecular complexity index is 3200. The molecular formula is C56H39N3. The second kappa shape index (κ2) is 13.0. The van der Waals surface area contributed by atoms with Crippen molar-refractivity contribution in [3.63, 3.8) is 0 Å². The van der Waals surface area contributed by atoms with Crippen LogP contribution < -0.4 is 9.80 Å². The van der Waals surface area contributed by atoms with Crippen molar-refractivity contribution in [2.75, 3.05) is 9.80 Å². The lowest BCUT2D eigenvalue weighted by atomic mass is 9.70. The number of nitrogens with zero attached hydrogens (tertiary/aromatic N) is 3. The molecule has 9 aromatic carbocycles. The van der Waals surface area contributed by atoms with Crippen LogP contribution in [0, 0.1) is 0 Å². The first-order valence-corrected chi connectivity index (χ1v) is 20.4. The molecule has 0 fully saturated rings. The van der Waals surface area contributed by atoms with Crippen molar-refractivity contribution in [1.29, 1.82) is 0 Å². The van der Waals surface area contributed by atoms with Gasteiger partial charge in [-0.05, 0) is 123 Å². The zero-order valence-electron chi connectivity index (χ0n) is 32.6. The molecule has 1 aromatic heterocycles. The van der Waals surface area contributed by atoms with Gasteiger partial charge in [0.25, 0.3) is 0 Å². The van der Waals surface area contributed by atoms with Gasteiger partial charge in [-0.15, -0.1) is 0 Å². The van der Waals surface area contributed by atoms with E-state index in [2.05, 4.69) is 240 Å². The van der Waals surface area contributed by atoms with Crippen LogP contribution >= 0.6 is 0 Å². The van der Waals surface area contributed by atoms with Crippen LogP contribution in [0.3, 0.4) is 0 Å². The van der Waals surface area contributed by atoms with E-state index in [1.807, 2.05) is 0 Å². The van der Waals surface area contributed by atoms with Gasteiger partial charge in [-0.25, -0.2) is 0 Å². The molecule has 3 heteroatoms. The van der Waals surface area contributed by atoms with Gasteiger partial charge in [0.2, 0.25) is 0 Å². The van der Waals surface area contributed by atoms with Crippen molar-refractivity contribution < 1.29 is 0 Å². The molecule has 0 saturated heterocycles. The van der Waals surface area contributed by atoms with E-state index in [1.54, 1.807) is 0 Å². The van der Waals surface area contributed by atoms with E-state index in [9.17, 15) is 0 Å². The van der Waals surface area contributed by atoms with Crippen LogP contribution in [0.2, 0.25) is 0 Å². The first-order valence-electron chi connectivity index (χ1n) is 20.4. The molecule has 1 spiro atoms. The van der Waals surface area contributed by atoms with E-state index in [0.29, 0.717) is 0 Å². The highest BCUT2D eigenvalue weighted by Gasteiger charge is 2.52. The number of aryl methyl sites for hydroxylation is 1. The third kappa shape index (κ3) is 4.76. The van der Waals surface area contributed by atoms with Crippen LogP contribution in [0.25, 0.3) is 44.1 Å². The fourth-order valence-electron chi connectivity index (χ4n) is 10.4. The summed E-state index contributed by atoms with van der Waals surface area (Å²) in [5, 5.41) is 2.50. The molecule has 1 unspecified atom stereocenters. The number of benzene rings is 9. The Balaban J connectivity index is 1.11. The van der Waals surface area contributed by atoms with Crippen LogP contribution in [-0.4, -0.2) is 4.57 Å². The van der Waals surface area contributed by atoms with E-state index in [4.69, 9.17) is 0 Å². The maximum absolute atomic E-state index is 2.46. The molecule has 10 aromatic rings. The molecule has 2 aliphatic carbocycles. The maximum atomic E-state index is 2.46. The van der Waals surface area contributed by atoms with Crippen molar-refractivity contribution in [3.8, 4) is 22.3 Å². The number of hydrogen-bond donors (Lipinski definition) is 0. The van der Waals surface area contributed by atoms with E-state index >= 15 is 0 Å². The molecule has 0 amide bonds. The van der Waals surface area contributed by atoms with Gasteiger partial charge in [0.15, 0.2) is 0 Å². The van der Waals surface area contributed by atoms with Gasteiger partial charge in [-0.1, -0.05) is 140 Å². The number of hydrogen-bond acceptors (Lipinski definition) is 2. The van der Waals surface area contributed by atoms with Gasteiger partial charge in [-0.2, -0.15) is 0 Å². The van der Waals surface area contributed by atoms with Crippen molar-refractivity contribution in [2.24, 2.45) is 7.05 Å². The van der Waals surface area contributed by atoms with Gasteiger partial charge in [-0.3, -0.25) is 0 Å². The Morgan fingerprint density at radius 2 is 0.831 bits per heavy atom. The predicted octanol–water partition coefficient (Wildman–Crippen LogP) is 14.6. The Morgan fingerprint density at radius 3 is 1.51 bits per heavy atom. The zero-order valence-corrected chi connectivity index (χ0v) is 32.6. The Hall–Kier alpha value is -7.62. The van der Waals surface area contributed by atoms with Gasteiger partial charge < -0.3 is 14.4 Å². The average Bonchev–Trinajstić information content (AvgIpc) is 3.89. The van der Waals surface area contributed by atoms with Crippen LogP contribution in [0.1, 0.15) is 22.3 Å². The van der Waals surface area contributed by atoms with Crippen LogP contribution in [-0.2, 0) is 12.5 Å². The summed E-state index contributed by atoms with van der Waals surface area (Å²) in [6, 6.07) is 80.3. The molecule has 0 N–H and O–H groups in total. The van der Waals surface area contributed by atoms with E-state index < -0.39 is 5.41 Å². The normalized spacial score (nSPS) is 14.6. The number of anilines is 6. The van der Waals surface area contributed by atoms with E-state index in [1.165, 1.54) is 66.3 Å². The largest absolute Gasteiger partial charge is 0.344 e. The summed E-state index contributed by atoms with van der Waals surface area (Å²) in [4.78, 5) is 4.84. The average molecular weight is 754 g/mol. The van der Waals surface area contributed by atoms with Crippen molar-refractivity contribution in [2.45, 2.75) is 5.41 Å². The molecule has 278 valence electrons. The first kappa shape index (κ1) is 33.5. The Morgan fingerprint density at radius 1 is 0.339 bits per heavy atom. The highest BCUT2D eigenvalue weighted by Crippen LogP contribution is 2.64. The van der Waals surface area contributed by atoms with Gasteiger partial charge in [0.1, 0.15) is 0 Å². The molecule has 0 bridgehead atoms. The molecule has 0 saturated carbocycles. The number of fused-ring (bicyclic) bond motifs is 13. The standard InChI is InChI=1S/C56H39N3/c1-57-52-29-16-13-26-46(52)55-53(57)30-17-31-54(55)59(40-22-9-4-10-23-40)41-33-35-50-47(36-41)44-25-12-15-28-49(44)56(50)48-27-14-11-24-43(48)45-34-32-42(37-51(45)56)58(38-18-5-2-6-19-38)39-20-7-3-8-21-39/h2-37H,1H3. The lowest BCUT2D eigenvalue weighted by molar-refractivity contribution is 0.793. The molecule has 12 rings (SSSR count). The molecule has 3 nitrogen and oxygen atoms in total. The summed E-state index contributed by atoms with van der Waals surface area (Å²) in [5.41, 5.74) is 19.1. The third-order valence-electron chi connectivity index (χ3n) is 12.8. The Labute approximate surface area is 344 Å². The van der Waals surface area contributed by atoms with Crippen molar-refractivity contribution >= 4 is 55.9 Å². The predicted molar refractivity (Wildman–Crippen MR) is 246 cm³/mol. The minimum Gasteiger partial charge on any atom is -0.344 e. The second-order valence-corrected chi connectivity index (χ2v) is 15.7. The summed E-state index contributed by atoms with van der Waals surface area (Å²) in [6.07, 6.45) is 0. The Kier molecular flexibility index (Phi) is 7.36. The van der Waals surface area contributed by atoms with Gasteiger partial charge in [0.05, 0.1) is 16.6 Å². The summed E-state index contributed by atoms with van der Waals surface area (Å²) in [5.74, 6) is 0. The van der Waals surface area contributed by atoms with E-state index in [-0.39, 0.29) is 0 Å².